The van der Waals surface area contributed by atoms with Crippen LogP contribution in [0.4, 0.5) is 5.69 Å². The van der Waals surface area contributed by atoms with E-state index in [9.17, 15) is 4.79 Å². The molecule has 3 rings (SSSR count). The third-order valence-corrected chi connectivity index (χ3v) is 5.18. The van der Waals surface area contributed by atoms with E-state index in [1.54, 1.807) is 18.2 Å². The number of ether oxygens (including phenoxy) is 3. The van der Waals surface area contributed by atoms with Crippen molar-refractivity contribution in [3.63, 3.8) is 0 Å². The van der Waals surface area contributed by atoms with Crippen LogP contribution < -0.4 is 19.5 Å². The van der Waals surface area contributed by atoms with Gasteiger partial charge in [0.15, 0.2) is 15.8 Å². The molecule has 134 valence electrons. The molecule has 25 heavy (non-hydrogen) atoms. The number of fused-ring (bicyclic) bond motifs is 1. The molecular weight excluding hydrogens is 362 g/mol. The fraction of sp³-hybridized carbons (Fsp3) is 0.438. The Morgan fingerprint density at radius 1 is 1.24 bits per heavy atom. The number of nitrogens with one attached hydrogen (secondary N) is 1. The van der Waals surface area contributed by atoms with Gasteiger partial charge in [-0.1, -0.05) is 16.9 Å². The lowest BCUT2D eigenvalue weighted by atomic mass is 10.2. The summed E-state index contributed by atoms with van der Waals surface area (Å²) in [6, 6.07) is 5.35. The first kappa shape index (κ1) is 17.8. The molecule has 1 aromatic carbocycles. The first-order chi connectivity index (χ1) is 12.0. The second-order valence-corrected chi connectivity index (χ2v) is 8.14. The van der Waals surface area contributed by atoms with Crippen molar-refractivity contribution in [3.05, 3.63) is 18.2 Å². The largest absolute Gasteiger partial charge is 0.486 e. The minimum atomic E-state index is -0.326. The molecule has 0 aliphatic carbocycles. The quantitative estimate of drug-likeness (QED) is 0.769. The van der Waals surface area contributed by atoms with Crippen LogP contribution in [0.2, 0.25) is 0 Å². The van der Waals surface area contributed by atoms with Gasteiger partial charge in [-0.15, -0.1) is 5.10 Å². The van der Waals surface area contributed by atoms with E-state index < -0.39 is 0 Å². The Morgan fingerprint density at radius 2 is 2.00 bits per heavy atom. The Labute approximate surface area is 154 Å². The maximum atomic E-state index is 12.4. The van der Waals surface area contributed by atoms with E-state index in [1.807, 2.05) is 20.8 Å². The van der Waals surface area contributed by atoms with Crippen molar-refractivity contribution < 1.29 is 19.0 Å². The first-order valence-corrected chi connectivity index (χ1v) is 9.58. The van der Waals surface area contributed by atoms with E-state index in [4.69, 9.17) is 14.2 Å². The van der Waals surface area contributed by atoms with Crippen LogP contribution in [-0.2, 0) is 4.79 Å². The number of carbonyl (C=O) groups is 1. The maximum Gasteiger partial charge on any atom is 0.295 e. The van der Waals surface area contributed by atoms with E-state index in [2.05, 4.69) is 15.5 Å². The Hall–Kier alpha value is -2.00. The number of anilines is 1. The Morgan fingerprint density at radius 3 is 2.76 bits per heavy atom. The lowest BCUT2D eigenvalue weighted by molar-refractivity contribution is -0.115. The van der Waals surface area contributed by atoms with Gasteiger partial charge in [-0.3, -0.25) is 4.79 Å². The van der Waals surface area contributed by atoms with Crippen molar-refractivity contribution in [2.45, 2.75) is 36.5 Å². The van der Waals surface area contributed by atoms with Gasteiger partial charge >= 0.3 is 0 Å². The number of thioether (sulfide) groups is 1. The van der Waals surface area contributed by atoms with E-state index in [1.165, 1.54) is 23.1 Å². The molecule has 7 nitrogen and oxygen atoms in total. The van der Waals surface area contributed by atoms with Crippen molar-refractivity contribution in [1.29, 1.82) is 0 Å². The molecule has 1 aliphatic heterocycles. The fourth-order valence-corrected chi connectivity index (χ4v) is 4.01. The van der Waals surface area contributed by atoms with Gasteiger partial charge in [0.05, 0.1) is 11.4 Å². The lowest BCUT2D eigenvalue weighted by Crippen LogP contribution is -2.22. The molecule has 0 saturated carbocycles. The minimum absolute atomic E-state index is 0.0433. The third-order valence-electron chi connectivity index (χ3n) is 3.18. The molecule has 1 amide bonds. The average molecular weight is 381 g/mol. The van der Waals surface area contributed by atoms with Crippen molar-refractivity contribution in [2.75, 3.05) is 18.5 Å². The number of carbonyl (C=O) groups excluding carboxylic acids is 1. The van der Waals surface area contributed by atoms with Gasteiger partial charge in [-0.25, -0.2) is 0 Å². The highest BCUT2D eigenvalue weighted by atomic mass is 32.2. The summed E-state index contributed by atoms with van der Waals surface area (Å²) in [5.41, 5.74) is 0.669. The monoisotopic (exact) mass is 381 g/mol. The number of rotatable bonds is 6. The second kappa shape index (κ2) is 7.92. The van der Waals surface area contributed by atoms with Gasteiger partial charge < -0.3 is 19.5 Å². The number of aromatic nitrogens is 2. The normalized spacial score (nSPS) is 14.2. The summed E-state index contributed by atoms with van der Waals surface area (Å²) in [4.78, 5) is 12.4. The topological polar surface area (TPSA) is 82.6 Å². The van der Waals surface area contributed by atoms with Crippen LogP contribution in [0.3, 0.4) is 0 Å². The molecule has 0 fully saturated rings. The zero-order valence-corrected chi connectivity index (χ0v) is 15.8. The summed E-state index contributed by atoms with van der Waals surface area (Å²) in [6.07, 6.45) is 0.0433. The molecular formula is C16H19N3O4S2. The smallest absolute Gasteiger partial charge is 0.295 e. The van der Waals surface area contributed by atoms with Crippen LogP contribution in [0.15, 0.2) is 22.5 Å². The van der Waals surface area contributed by atoms with Gasteiger partial charge in [0.2, 0.25) is 5.91 Å². The van der Waals surface area contributed by atoms with Crippen LogP contribution in [0, 0.1) is 0 Å². The van der Waals surface area contributed by atoms with Gasteiger partial charge in [0, 0.05) is 11.8 Å². The van der Waals surface area contributed by atoms with Gasteiger partial charge in [0.1, 0.15) is 13.2 Å². The number of benzene rings is 1. The van der Waals surface area contributed by atoms with Crippen molar-refractivity contribution >= 4 is 34.7 Å². The van der Waals surface area contributed by atoms with Crippen molar-refractivity contribution in [2.24, 2.45) is 0 Å². The molecule has 9 heteroatoms. The highest BCUT2D eigenvalue weighted by Gasteiger charge is 2.19. The molecule has 0 radical (unpaired) electrons. The molecule has 1 aliphatic rings. The van der Waals surface area contributed by atoms with Crippen molar-refractivity contribution in [1.82, 2.24) is 10.2 Å². The highest BCUT2D eigenvalue weighted by Crippen LogP contribution is 2.34. The molecule has 2 aromatic rings. The number of hydrogen-bond acceptors (Lipinski definition) is 8. The van der Waals surface area contributed by atoms with Crippen LogP contribution in [0.25, 0.3) is 0 Å². The van der Waals surface area contributed by atoms with Crippen LogP contribution in [0.1, 0.15) is 20.8 Å². The summed E-state index contributed by atoms with van der Waals surface area (Å²) in [6.45, 7) is 6.73. The summed E-state index contributed by atoms with van der Waals surface area (Å²) in [7, 11) is 0. The maximum absolute atomic E-state index is 12.4. The van der Waals surface area contributed by atoms with Crippen LogP contribution in [-0.4, -0.2) is 40.7 Å². The standard InChI is InChI=1S/C16H19N3O4S2/c1-9(2)23-15-18-19-16(25-15)24-10(3)14(20)17-11-4-5-12-13(8-11)22-7-6-21-12/h4-5,8-10H,6-7H2,1-3H3,(H,17,20). The molecule has 1 atom stereocenters. The predicted molar refractivity (Wildman–Crippen MR) is 97.1 cm³/mol. The highest BCUT2D eigenvalue weighted by molar-refractivity contribution is 8.02. The Kier molecular flexibility index (Phi) is 5.64. The predicted octanol–water partition coefficient (Wildman–Crippen LogP) is 3.22. The zero-order chi connectivity index (χ0) is 17.8. The minimum Gasteiger partial charge on any atom is -0.486 e. The molecule has 0 saturated heterocycles. The molecule has 0 spiro atoms. The van der Waals surface area contributed by atoms with E-state index in [0.29, 0.717) is 39.9 Å². The second-order valence-electron chi connectivity index (χ2n) is 5.61. The van der Waals surface area contributed by atoms with Crippen molar-refractivity contribution in [3.8, 4) is 16.7 Å². The molecule has 2 heterocycles. The summed E-state index contributed by atoms with van der Waals surface area (Å²) in [5.74, 6) is 1.21. The number of nitrogens with zero attached hydrogens (tertiary/aromatic N) is 2. The van der Waals surface area contributed by atoms with E-state index in [-0.39, 0.29) is 17.3 Å². The summed E-state index contributed by atoms with van der Waals surface area (Å²) in [5, 5.41) is 11.1. The Bertz CT molecular complexity index is 751. The van der Waals surface area contributed by atoms with Gasteiger partial charge in [-0.2, -0.15) is 0 Å². The van der Waals surface area contributed by atoms with E-state index >= 15 is 0 Å². The molecule has 1 aromatic heterocycles. The Balaban J connectivity index is 1.58. The number of amides is 1. The SMILES string of the molecule is CC(C)Oc1nnc(SC(C)C(=O)Nc2ccc3c(c2)OCCO3)s1. The first-order valence-electron chi connectivity index (χ1n) is 7.88. The summed E-state index contributed by atoms with van der Waals surface area (Å²) < 4.78 is 17.2. The van der Waals surface area contributed by atoms with Gasteiger partial charge in [0.25, 0.3) is 5.19 Å². The van der Waals surface area contributed by atoms with Crippen LogP contribution in [0.5, 0.6) is 16.7 Å². The molecule has 1 N–H and O–H groups in total. The molecule has 1 unspecified atom stereocenters. The van der Waals surface area contributed by atoms with Gasteiger partial charge in [-0.05, 0) is 44.2 Å². The van der Waals surface area contributed by atoms with E-state index in [0.717, 1.165) is 0 Å². The lowest BCUT2D eigenvalue weighted by Gasteiger charge is -2.19. The zero-order valence-electron chi connectivity index (χ0n) is 14.1. The number of hydrogen-bond donors (Lipinski definition) is 1. The average Bonchev–Trinajstić information content (AvgIpc) is 3.00. The fourth-order valence-electron chi connectivity index (χ4n) is 2.06. The molecule has 0 bridgehead atoms. The third kappa shape index (κ3) is 4.76. The van der Waals surface area contributed by atoms with Crippen LogP contribution >= 0.6 is 23.1 Å². The summed E-state index contributed by atoms with van der Waals surface area (Å²) >= 11 is 2.68.